The molecular formula is C11H22N2O. The Hall–Kier alpha value is -0.570. The van der Waals surface area contributed by atoms with Crippen molar-refractivity contribution >= 4 is 5.91 Å². The molecule has 0 radical (unpaired) electrons. The second-order valence-corrected chi connectivity index (χ2v) is 5.04. The molecule has 0 heterocycles. The number of nitrogens with zero attached hydrogens (tertiary/aromatic N) is 1. The lowest BCUT2D eigenvalue weighted by Crippen LogP contribution is -2.51. The molecule has 0 bridgehead atoms. The van der Waals surface area contributed by atoms with Gasteiger partial charge < -0.3 is 10.6 Å². The van der Waals surface area contributed by atoms with E-state index in [9.17, 15) is 4.79 Å². The van der Waals surface area contributed by atoms with Crippen molar-refractivity contribution in [3.05, 3.63) is 0 Å². The highest BCUT2D eigenvalue weighted by molar-refractivity contribution is 5.79. The van der Waals surface area contributed by atoms with Gasteiger partial charge in [0.05, 0.1) is 0 Å². The molecule has 1 aliphatic rings. The zero-order valence-electron chi connectivity index (χ0n) is 9.71. The molecule has 0 spiro atoms. The molecule has 1 atom stereocenters. The van der Waals surface area contributed by atoms with Crippen LogP contribution in [0.2, 0.25) is 0 Å². The molecule has 1 saturated carbocycles. The Morgan fingerprint density at radius 1 is 1.57 bits per heavy atom. The van der Waals surface area contributed by atoms with Gasteiger partial charge in [-0.1, -0.05) is 6.92 Å². The van der Waals surface area contributed by atoms with Crippen LogP contribution in [0.5, 0.6) is 0 Å². The number of likely N-dealkylation sites (N-methyl/N-ethyl adjacent to an activating group) is 1. The fourth-order valence-corrected chi connectivity index (χ4v) is 1.54. The zero-order chi connectivity index (χ0) is 10.9. The Morgan fingerprint density at radius 2 is 2.07 bits per heavy atom. The molecule has 3 nitrogen and oxygen atoms in total. The molecule has 1 rings (SSSR count). The van der Waals surface area contributed by atoms with Gasteiger partial charge in [-0.25, -0.2) is 0 Å². The summed E-state index contributed by atoms with van der Waals surface area (Å²) in [6.45, 7) is 6.55. The van der Waals surface area contributed by atoms with Crippen LogP contribution in [0.25, 0.3) is 0 Å². The van der Waals surface area contributed by atoms with Gasteiger partial charge in [0.1, 0.15) is 0 Å². The van der Waals surface area contributed by atoms with Gasteiger partial charge in [-0.2, -0.15) is 0 Å². The second kappa shape index (κ2) is 3.89. The van der Waals surface area contributed by atoms with Crippen molar-refractivity contribution < 1.29 is 4.79 Å². The van der Waals surface area contributed by atoms with Crippen LogP contribution in [-0.4, -0.2) is 29.9 Å². The van der Waals surface area contributed by atoms with Gasteiger partial charge in [0.2, 0.25) is 5.91 Å². The van der Waals surface area contributed by atoms with Gasteiger partial charge >= 0.3 is 0 Å². The first kappa shape index (κ1) is 11.5. The monoisotopic (exact) mass is 198 g/mol. The number of carbonyl (C=O) groups excluding carboxylic acids is 1. The molecule has 3 heteroatoms. The van der Waals surface area contributed by atoms with Crippen molar-refractivity contribution in [1.29, 1.82) is 0 Å². The lowest BCUT2D eigenvalue weighted by molar-refractivity contribution is -0.138. The van der Waals surface area contributed by atoms with E-state index in [0.717, 1.165) is 0 Å². The van der Waals surface area contributed by atoms with Crippen LogP contribution in [0.15, 0.2) is 0 Å². The van der Waals surface area contributed by atoms with Crippen LogP contribution in [0.3, 0.4) is 0 Å². The number of rotatable bonds is 4. The van der Waals surface area contributed by atoms with E-state index in [-0.39, 0.29) is 17.4 Å². The minimum Gasteiger partial charge on any atom is -0.339 e. The van der Waals surface area contributed by atoms with Crippen molar-refractivity contribution in [3.63, 3.8) is 0 Å². The summed E-state index contributed by atoms with van der Waals surface area (Å²) in [4.78, 5) is 13.8. The van der Waals surface area contributed by atoms with E-state index in [1.807, 2.05) is 27.8 Å². The molecule has 0 aromatic heterocycles. The van der Waals surface area contributed by atoms with Gasteiger partial charge in [-0.15, -0.1) is 0 Å². The van der Waals surface area contributed by atoms with Crippen LogP contribution in [0.1, 0.15) is 33.6 Å². The maximum atomic E-state index is 12.0. The van der Waals surface area contributed by atoms with E-state index in [2.05, 4.69) is 0 Å². The Labute approximate surface area is 86.6 Å². The van der Waals surface area contributed by atoms with E-state index in [0.29, 0.717) is 12.5 Å². The number of amides is 1. The van der Waals surface area contributed by atoms with E-state index in [1.165, 1.54) is 12.8 Å². The van der Waals surface area contributed by atoms with Crippen LogP contribution in [-0.2, 0) is 4.79 Å². The minimum atomic E-state index is -0.222. The van der Waals surface area contributed by atoms with Crippen molar-refractivity contribution in [2.24, 2.45) is 17.6 Å². The van der Waals surface area contributed by atoms with Gasteiger partial charge in [-0.3, -0.25) is 4.79 Å². The summed E-state index contributed by atoms with van der Waals surface area (Å²) in [6.07, 6.45) is 2.42. The van der Waals surface area contributed by atoms with E-state index < -0.39 is 0 Å². The molecule has 1 unspecified atom stereocenters. The molecule has 1 aliphatic carbocycles. The Morgan fingerprint density at radius 3 is 2.43 bits per heavy atom. The molecule has 0 saturated heterocycles. The van der Waals surface area contributed by atoms with E-state index >= 15 is 0 Å². The van der Waals surface area contributed by atoms with Gasteiger partial charge in [0, 0.05) is 25.0 Å². The molecule has 0 aromatic rings. The van der Waals surface area contributed by atoms with Crippen molar-refractivity contribution in [2.75, 3.05) is 13.6 Å². The van der Waals surface area contributed by atoms with Gasteiger partial charge in [0.25, 0.3) is 0 Å². The number of hydrogen-bond donors (Lipinski definition) is 1. The Balaban J connectivity index is 2.58. The van der Waals surface area contributed by atoms with Crippen molar-refractivity contribution in [3.8, 4) is 0 Å². The van der Waals surface area contributed by atoms with Crippen molar-refractivity contribution in [2.45, 2.75) is 39.2 Å². The first-order valence-corrected chi connectivity index (χ1v) is 5.38. The summed E-state index contributed by atoms with van der Waals surface area (Å²) < 4.78 is 0. The van der Waals surface area contributed by atoms with Crippen molar-refractivity contribution in [1.82, 2.24) is 4.90 Å². The number of nitrogens with two attached hydrogens (primary N) is 1. The molecule has 1 fully saturated rings. The highest BCUT2D eigenvalue weighted by Crippen LogP contribution is 2.37. The average Bonchev–Trinajstić information content (AvgIpc) is 2.97. The fraction of sp³-hybridized carbons (Fsp3) is 0.909. The summed E-state index contributed by atoms with van der Waals surface area (Å²) in [5.41, 5.74) is 5.42. The minimum absolute atomic E-state index is 0.172. The molecule has 82 valence electrons. The number of carbonyl (C=O) groups is 1. The standard InChI is InChI=1S/C11H22N2O/c1-8(9-5-6-9)10(14)13(4)11(2,3)7-12/h8-9H,5-7,12H2,1-4H3. The quantitative estimate of drug-likeness (QED) is 0.738. The highest BCUT2D eigenvalue weighted by atomic mass is 16.2. The van der Waals surface area contributed by atoms with Crippen LogP contribution >= 0.6 is 0 Å². The summed E-state index contributed by atoms with van der Waals surface area (Å²) in [7, 11) is 1.86. The molecule has 2 N–H and O–H groups in total. The third kappa shape index (κ3) is 2.27. The van der Waals surface area contributed by atoms with Gasteiger partial charge in [0.15, 0.2) is 0 Å². The topological polar surface area (TPSA) is 46.3 Å². The van der Waals surface area contributed by atoms with Crippen LogP contribution in [0, 0.1) is 11.8 Å². The molecule has 14 heavy (non-hydrogen) atoms. The van der Waals surface area contributed by atoms with Crippen LogP contribution in [0.4, 0.5) is 0 Å². The largest absolute Gasteiger partial charge is 0.339 e. The maximum absolute atomic E-state index is 12.0. The predicted octanol–water partition coefficient (Wildman–Crippen LogP) is 1.23. The first-order valence-electron chi connectivity index (χ1n) is 5.38. The number of hydrogen-bond acceptors (Lipinski definition) is 2. The lowest BCUT2D eigenvalue weighted by Gasteiger charge is -2.36. The lowest BCUT2D eigenvalue weighted by atomic mass is 9.99. The van der Waals surface area contributed by atoms with Crippen LogP contribution < -0.4 is 5.73 Å². The molecule has 1 amide bonds. The average molecular weight is 198 g/mol. The summed E-state index contributed by atoms with van der Waals surface area (Å²) >= 11 is 0. The predicted molar refractivity (Wildman–Crippen MR) is 57.8 cm³/mol. The second-order valence-electron chi connectivity index (χ2n) is 5.04. The molecular weight excluding hydrogens is 176 g/mol. The highest BCUT2D eigenvalue weighted by Gasteiger charge is 2.37. The van der Waals surface area contributed by atoms with Gasteiger partial charge in [-0.05, 0) is 32.6 Å². The SMILES string of the molecule is CC(C(=O)N(C)C(C)(C)CN)C1CC1. The van der Waals surface area contributed by atoms with E-state index in [4.69, 9.17) is 5.73 Å². The third-order valence-electron chi connectivity index (χ3n) is 3.46. The zero-order valence-corrected chi connectivity index (χ0v) is 9.71. The first-order chi connectivity index (χ1) is 6.40. The van der Waals surface area contributed by atoms with E-state index in [1.54, 1.807) is 4.90 Å². The fourth-order valence-electron chi connectivity index (χ4n) is 1.54. The summed E-state index contributed by atoms with van der Waals surface area (Å²) in [6, 6.07) is 0. The smallest absolute Gasteiger partial charge is 0.225 e. The third-order valence-corrected chi connectivity index (χ3v) is 3.46. The normalized spacial score (nSPS) is 19.2. The molecule has 0 aliphatic heterocycles. The Kier molecular flexibility index (Phi) is 3.20. The Bertz CT molecular complexity index is 221. The summed E-state index contributed by atoms with van der Waals surface area (Å²) in [5.74, 6) is 1.03. The maximum Gasteiger partial charge on any atom is 0.225 e. The molecule has 0 aromatic carbocycles. The summed E-state index contributed by atoms with van der Waals surface area (Å²) in [5, 5.41) is 0.